The van der Waals surface area contributed by atoms with Crippen molar-refractivity contribution in [2.24, 2.45) is 0 Å². The summed E-state index contributed by atoms with van der Waals surface area (Å²) in [6, 6.07) is 18.1. The first-order valence-electron chi connectivity index (χ1n) is 9.06. The Morgan fingerprint density at radius 2 is 1.53 bits per heavy atom. The SMILES string of the molecule is COc1ccc(NS(=O)(=O)c2cc(NC(=O)c3ccccc3C)ccc2OC)cc1. The lowest BCUT2D eigenvalue weighted by Crippen LogP contribution is -2.16. The first kappa shape index (κ1) is 21.2. The monoisotopic (exact) mass is 426 g/mol. The van der Waals surface area contributed by atoms with Crippen molar-refractivity contribution < 1.29 is 22.7 Å². The Hall–Kier alpha value is -3.52. The van der Waals surface area contributed by atoms with E-state index in [9.17, 15) is 13.2 Å². The molecule has 0 saturated heterocycles. The van der Waals surface area contributed by atoms with Crippen molar-refractivity contribution in [3.05, 3.63) is 77.9 Å². The van der Waals surface area contributed by atoms with Gasteiger partial charge in [0.15, 0.2) is 0 Å². The van der Waals surface area contributed by atoms with Gasteiger partial charge in [-0.2, -0.15) is 0 Å². The van der Waals surface area contributed by atoms with E-state index >= 15 is 0 Å². The van der Waals surface area contributed by atoms with Crippen molar-refractivity contribution in [2.45, 2.75) is 11.8 Å². The molecule has 0 aliphatic heterocycles. The maximum absolute atomic E-state index is 13.0. The van der Waals surface area contributed by atoms with Gasteiger partial charge in [0.25, 0.3) is 15.9 Å². The lowest BCUT2D eigenvalue weighted by Gasteiger charge is -2.14. The van der Waals surface area contributed by atoms with Crippen molar-refractivity contribution in [1.29, 1.82) is 0 Å². The van der Waals surface area contributed by atoms with E-state index in [1.54, 1.807) is 42.5 Å². The topological polar surface area (TPSA) is 93.7 Å². The summed E-state index contributed by atoms with van der Waals surface area (Å²) < 4.78 is 38.7. The number of rotatable bonds is 7. The Kier molecular flexibility index (Phi) is 6.27. The van der Waals surface area contributed by atoms with Gasteiger partial charge in [-0.3, -0.25) is 9.52 Å². The van der Waals surface area contributed by atoms with Crippen molar-refractivity contribution in [2.75, 3.05) is 24.3 Å². The molecule has 2 N–H and O–H groups in total. The second-order valence-corrected chi connectivity index (χ2v) is 8.12. The Bertz CT molecular complexity index is 1160. The summed E-state index contributed by atoms with van der Waals surface area (Å²) in [4.78, 5) is 12.5. The highest BCUT2D eigenvalue weighted by molar-refractivity contribution is 7.92. The minimum atomic E-state index is -3.97. The lowest BCUT2D eigenvalue weighted by atomic mass is 10.1. The van der Waals surface area contributed by atoms with E-state index < -0.39 is 10.0 Å². The number of hydrogen-bond acceptors (Lipinski definition) is 5. The zero-order valence-electron chi connectivity index (χ0n) is 16.8. The van der Waals surface area contributed by atoms with Crippen LogP contribution in [0.5, 0.6) is 11.5 Å². The molecule has 0 spiro atoms. The highest BCUT2D eigenvalue weighted by Crippen LogP contribution is 2.29. The fourth-order valence-electron chi connectivity index (χ4n) is 2.86. The van der Waals surface area contributed by atoms with Crippen LogP contribution in [-0.2, 0) is 10.0 Å². The van der Waals surface area contributed by atoms with Crippen LogP contribution in [0.4, 0.5) is 11.4 Å². The molecule has 3 rings (SSSR count). The van der Waals surface area contributed by atoms with Crippen LogP contribution in [0.15, 0.2) is 71.6 Å². The van der Waals surface area contributed by atoms with E-state index in [1.165, 1.54) is 26.4 Å². The number of carbonyl (C=O) groups is 1. The molecule has 0 radical (unpaired) electrons. The van der Waals surface area contributed by atoms with E-state index in [-0.39, 0.29) is 16.6 Å². The molecule has 0 aliphatic carbocycles. The molecule has 8 heteroatoms. The zero-order valence-corrected chi connectivity index (χ0v) is 17.6. The number of hydrogen-bond donors (Lipinski definition) is 2. The zero-order chi connectivity index (χ0) is 21.7. The van der Waals surface area contributed by atoms with Crippen LogP contribution in [0, 0.1) is 6.92 Å². The molecular formula is C22H22N2O5S. The minimum absolute atomic E-state index is 0.0941. The number of benzene rings is 3. The third-order valence-electron chi connectivity index (χ3n) is 4.44. The maximum atomic E-state index is 13.0. The maximum Gasteiger partial charge on any atom is 0.265 e. The molecule has 0 saturated carbocycles. The average Bonchev–Trinajstić information content (AvgIpc) is 2.74. The van der Waals surface area contributed by atoms with Gasteiger partial charge in [-0.25, -0.2) is 8.42 Å². The number of sulfonamides is 1. The summed E-state index contributed by atoms with van der Waals surface area (Å²) in [5.41, 5.74) is 2.03. The molecule has 0 aromatic heterocycles. The number of ether oxygens (including phenoxy) is 2. The van der Waals surface area contributed by atoms with E-state index in [0.29, 0.717) is 22.7 Å². The van der Waals surface area contributed by atoms with E-state index in [2.05, 4.69) is 10.0 Å². The second kappa shape index (κ2) is 8.87. The van der Waals surface area contributed by atoms with E-state index in [1.807, 2.05) is 19.1 Å². The second-order valence-electron chi connectivity index (χ2n) is 6.47. The molecule has 0 aliphatic rings. The molecule has 156 valence electrons. The third kappa shape index (κ3) is 4.72. The highest BCUT2D eigenvalue weighted by Gasteiger charge is 2.21. The number of methoxy groups -OCH3 is 2. The van der Waals surface area contributed by atoms with Crippen molar-refractivity contribution >= 4 is 27.3 Å². The van der Waals surface area contributed by atoms with E-state index in [0.717, 1.165) is 5.56 Å². The van der Waals surface area contributed by atoms with Crippen LogP contribution < -0.4 is 19.5 Å². The van der Waals surface area contributed by atoms with Gasteiger partial charge < -0.3 is 14.8 Å². The molecule has 0 bridgehead atoms. The van der Waals surface area contributed by atoms with Crippen LogP contribution in [0.2, 0.25) is 0 Å². The number of aryl methyl sites for hydroxylation is 1. The molecule has 1 amide bonds. The first-order valence-corrected chi connectivity index (χ1v) is 10.5. The molecule has 3 aromatic rings. The van der Waals surface area contributed by atoms with Crippen molar-refractivity contribution in [1.82, 2.24) is 0 Å². The van der Waals surface area contributed by atoms with Gasteiger partial charge in [0.1, 0.15) is 16.4 Å². The number of carbonyl (C=O) groups excluding carboxylic acids is 1. The summed E-state index contributed by atoms with van der Waals surface area (Å²) in [6.07, 6.45) is 0. The van der Waals surface area contributed by atoms with Gasteiger partial charge in [-0.05, 0) is 61.0 Å². The molecule has 7 nitrogen and oxygen atoms in total. The fraction of sp³-hybridized carbons (Fsp3) is 0.136. The quantitative estimate of drug-likeness (QED) is 0.594. The van der Waals surface area contributed by atoms with Crippen LogP contribution >= 0.6 is 0 Å². The Balaban J connectivity index is 1.89. The predicted octanol–water partition coefficient (Wildman–Crippen LogP) is 4.07. The normalized spacial score (nSPS) is 10.9. The molecule has 3 aromatic carbocycles. The highest BCUT2D eigenvalue weighted by atomic mass is 32.2. The van der Waals surface area contributed by atoms with Gasteiger partial charge in [0.2, 0.25) is 0 Å². The summed E-state index contributed by atoms with van der Waals surface area (Å²) >= 11 is 0. The Morgan fingerprint density at radius 1 is 0.867 bits per heavy atom. The van der Waals surface area contributed by atoms with Crippen LogP contribution in [0.3, 0.4) is 0 Å². The summed E-state index contributed by atoms with van der Waals surface area (Å²) in [5.74, 6) is 0.436. The fourth-order valence-corrected chi connectivity index (χ4v) is 4.11. The largest absolute Gasteiger partial charge is 0.497 e. The summed E-state index contributed by atoms with van der Waals surface area (Å²) in [7, 11) is -1.06. The molecule has 0 heterocycles. The molecule has 0 unspecified atom stereocenters. The third-order valence-corrected chi connectivity index (χ3v) is 5.85. The van der Waals surface area contributed by atoms with Gasteiger partial charge in [0, 0.05) is 16.9 Å². The van der Waals surface area contributed by atoms with Crippen LogP contribution in [-0.4, -0.2) is 28.5 Å². The van der Waals surface area contributed by atoms with Crippen LogP contribution in [0.25, 0.3) is 0 Å². The summed E-state index contributed by atoms with van der Waals surface area (Å²) in [6.45, 7) is 1.83. The van der Waals surface area contributed by atoms with Crippen LogP contribution in [0.1, 0.15) is 15.9 Å². The van der Waals surface area contributed by atoms with E-state index in [4.69, 9.17) is 9.47 Å². The number of anilines is 2. The standard InChI is InChI=1S/C22H22N2O5S/c1-15-6-4-5-7-19(15)22(25)23-17-10-13-20(29-3)21(14-17)30(26,27)24-16-8-11-18(28-2)12-9-16/h4-14,24H,1-3H3,(H,23,25). The number of nitrogens with one attached hydrogen (secondary N) is 2. The van der Waals surface area contributed by atoms with Gasteiger partial charge in [-0.1, -0.05) is 18.2 Å². The van der Waals surface area contributed by atoms with Gasteiger partial charge >= 0.3 is 0 Å². The smallest absolute Gasteiger partial charge is 0.265 e. The molecule has 30 heavy (non-hydrogen) atoms. The summed E-state index contributed by atoms with van der Waals surface area (Å²) in [5, 5.41) is 2.74. The predicted molar refractivity (Wildman–Crippen MR) is 116 cm³/mol. The van der Waals surface area contributed by atoms with Gasteiger partial charge in [0.05, 0.1) is 14.2 Å². The number of amides is 1. The first-order chi connectivity index (χ1) is 14.3. The lowest BCUT2D eigenvalue weighted by molar-refractivity contribution is 0.102. The van der Waals surface area contributed by atoms with Crippen molar-refractivity contribution in [3.8, 4) is 11.5 Å². The Labute approximate surface area is 175 Å². The Morgan fingerprint density at radius 3 is 2.17 bits per heavy atom. The average molecular weight is 426 g/mol. The molecule has 0 atom stereocenters. The van der Waals surface area contributed by atoms with Gasteiger partial charge in [-0.15, -0.1) is 0 Å². The molecule has 0 fully saturated rings. The molecular weight excluding hydrogens is 404 g/mol. The minimum Gasteiger partial charge on any atom is -0.497 e. The van der Waals surface area contributed by atoms with Crippen molar-refractivity contribution in [3.63, 3.8) is 0 Å².